The molecule has 0 fully saturated rings. The third-order valence-corrected chi connectivity index (χ3v) is 5.02. The van der Waals surface area contributed by atoms with E-state index < -0.39 is 5.91 Å². The Bertz CT molecular complexity index is 1140. The van der Waals surface area contributed by atoms with Crippen molar-refractivity contribution >= 4 is 23.9 Å². The maximum atomic E-state index is 12.7. The maximum absolute atomic E-state index is 12.7. The van der Waals surface area contributed by atoms with Crippen LogP contribution < -0.4 is 10.6 Å². The van der Waals surface area contributed by atoms with Gasteiger partial charge in [0.15, 0.2) is 0 Å². The van der Waals surface area contributed by atoms with Crippen molar-refractivity contribution in [3.05, 3.63) is 88.9 Å². The number of anilines is 1. The van der Waals surface area contributed by atoms with E-state index in [2.05, 4.69) is 33.5 Å². The number of carbonyl (C=O) groups excluding carboxylic acids is 1. The zero-order valence-corrected chi connectivity index (χ0v) is 18.5. The number of nitrogens with zero attached hydrogens (tertiary/aromatic N) is 4. The van der Waals surface area contributed by atoms with E-state index in [1.54, 1.807) is 29.4 Å². The Hall–Kier alpha value is -4.06. The van der Waals surface area contributed by atoms with Crippen molar-refractivity contribution in [1.29, 1.82) is 5.26 Å². The van der Waals surface area contributed by atoms with Crippen LogP contribution in [0.5, 0.6) is 0 Å². The molecule has 33 heavy (non-hydrogen) atoms. The fraction of sp³-hybridized carbons (Fsp3) is 0.200. The lowest BCUT2D eigenvalue weighted by Gasteiger charge is -2.15. The molecule has 0 unspecified atom stereocenters. The standard InChI is InChI=1S/C25H26N6O2/c1-27-31(2)17-18-6-9-20(10-7-18)21-4-3-5-23(22(21)14-26)30-25(33)24-11-8-19(16-29-24)15-28-12-13-32/h3-6,8-11,16-17,28,32H,1,7,12-13,15H2,2H3,(H,30,33)/b18-17-. The topological polar surface area (TPSA) is 114 Å². The fourth-order valence-corrected chi connectivity index (χ4v) is 3.32. The van der Waals surface area contributed by atoms with E-state index in [0.29, 0.717) is 30.8 Å². The molecule has 2 aromatic rings. The minimum atomic E-state index is -0.392. The lowest BCUT2D eigenvalue weighted by molar-refractivity contribution is 0.102. The molecule has 1 amide bonds. The summed E-state index contributed by atoms with van der Waals surface area (Å²) in [6.07, 6.45) is 10.2. The quantitative estimate of drug-likeness (QED) is 0.312. The van der Waals surface area contributed by atoms with Crippen LogP contribution in [0, 0.1) is 11.3 Å². The molecule has 0 radical (unpaired) electrons. The van der Waals surface area contributed by atoms with Crippen molar-refractivity contribution in [2.45, 2.75) is 13.0 Å². The molecule has 0 saturated heterocycles. The highest BCUT2D eigenvalue weighted by Gasteiger charge is 2.16. The number of aliphatic hydroxyl groups is 1. The SMILES string of the molecule is C=NN(C)/C=C1/C=CC(c2cccc(NC(=O)c3ccc(CNCCO)cn3)c2C#N)=CC1. The zero-order chi connectivity index (χ0) is 23.6. The van der Waals surface area contributed by atoms with E-state index >= 15 is 0 Å². The molecule has 0 atom stereocenters. The Balaban J connectivity index is 1.75. The van der Waals surface area contributed by atoms with Crippen molar-refractivity contribution in [3.63, 3.8) is 0 Å². The van der Waals surface area contributed by atoms with Crippen LogP contribution in [0.15, 0.2) is 71.6 Å². The first-order chi connectivity index (χ1) is 16.0. The van der Waals surface area contributed by atoms with Gasteiger partial charge in [-0.05, 0) is 35.3 Å². The van der Waals surface area contributed by atoms with Gasteiger partial charge < -0.3 is 15.7 Å². The second-order valence-corrected chi connectivity index (χ2v) is 7.36. The minimum absolute atomic E-state index is 0.0584. The van der Waals surface area contributed by atoms with Crippen LogP contribution in [0.25, 0.3) is 5.57 Å². The van der Waals surface area contributed by atoms with Crippen LogP contribution in [0.1, 0.15) is 33.6 Å². The van der Waals surface area contributed by atoms with Crippen molar-refractivity contribution in [2.75, 3.05) is 25.5 Å². The van der Waals surface area contributed by atoms with E-state index in [0.717, 1.165) is 22.3 Å². The van der Waals surface area contributed by atoms with Gasteiger partial charge in [0.2, 0.25) is 0 Å². The average molecular weight is 443 g/mol. The molecule has 8 nitrogen and oxygen atoms in total. The van der Waals surface area contributed by atoms with Gasteiger partial charge in [-0.3, -0.25) is 14.8 Å². The van der Waals surface area contributed by atoms with Gasteiger partial charge >= 0.3 is 0 Å². The van der Waals surface area contributed by atoms with Gasteiger partial charge in [0.1, 0.15) is 11.8 Å². The molecule has 0 bridgehead atoms. The molecule has 1 aromatic carbocycles. The highest BCUT2D eigenvalue weighted by atomic mass is 16.3. The van der Waals surface area contributed by atoms with Gasteiger partial charge in [-0.1, -0.05) is 36.4 Å². The summed E-state index contributed by atoms with van der Waals surface area (Å²) < 4.78 is 0. The highest BCUT2D eigenvalue weighted by Crippen LogP contribution is 2.30. The largest absolute Gasteiger partial charge is 0.395 e. The number of aromatic nitrogens is 1. The predicted molar refractivity (Wildman–Crippen MR) is 129 cm³/mol. The molecule has 1 aliphatic rings. The van der Waals surface area contributed by atoms with Gasteiger partial charge in [0.05, 0.1) is 17.9 Å². The van der Waals surface area contributed by atoms with Crippen LogP contribution >= 0.6 is 0 Å². The molecule has 3 rings (SSSR count). The molecule has 0 spiro atoms. The van der Waals surface area contributed by atoms with E-state index in [-0.39, 0.29) is 12.3 Å². The van der Waals surface area contributed by atoms with Crippen molar-refractivity contribution in [1.82, 2.24) is 15.3 Å². The number of hydrazone groups is 1. The maximum Gasteiger partial charge on any atom is 0.274 e. The van der Waals surface area contributed by atoms with Crippen LogP contribution in [-0.2, 0) is 6.54 Å². The molecule has 168 valence electrons. The Kier molecular flexibility index (Phi) is 8.24. The molecule has 0 aliphatic heterocycles. The molecule has 0 saturated carbocycles. The van der Waals surface area contributed by atoms with Crippen molar-refractivity contribution in [2.24, 2.45) is 5.10 Å². The Morgan fingerprint density at radius 1 is 1.36 bits per heavy atom. The van der Waals surface area contributed by atoms with E-state index in [1.807, 2.05) is 43.6 Å². The number of hydrogen-bond acceptors (Lipinski definition) is 7. The second-order valence-electron chi connectivity index (χ2n) is 7.36. The molecule has 1 aromatic heterocycles. The van der Waals surface area contributed by atoms with E-state index in [1.165, 1.54) is 0 Å². The highest BCUT2D eigenvalue weighted by molar-refractivity contribution is 6.04. The lowest BCUT2D eigenvalue weighted by Crippen LogP contribution is -2.18. The molecule has 8 heteroatoms. The smallest absolute Gasteiger partial charge is 0.274 e. The number of benzene rings is 1. The predicted octanol–water partition coefficient (Wildman–Crippen LogP) is 3.06. The van der Waals surface area contributed by atoms with Crippen molar-refractivity contribution < 1.29 is 9.90 Å². The number of hydrogen-bond donors (Lipinski definition) is 3. The Morgan fingerprint density at radius 3 is 2.85 bits per heavy atom. The monoisotopic (exact) mass is 442 g/mol. The fourth-order valence-electron chi connectivity index (χ4n) is 3.32. The summed E-state index contributed by atoms with van der Waals surface area (Å²) in [5.41, 5.74) is 4.70. The number of allylic oxidation sites excluding steroid dienone is 5. The molecular formula is C25H26N6O2. The van der Waals surface area contributed by atoms with Gasteiger partial charge in [0, 0.05) is 44.8 Å². The first-order valence-corrected chi connectivity index (χ1v) is 10.5. The van der Waals surface area contributed by atoms with Crippen LogP contribution in [0.4, 0.5) is 5.69 Å². The second kappa shape index (κ2) is 11.5. The van der Waals surface area contributed by atoms with E-state index in [4.69, 9.17) is 5.11 Å². The Morgan fingerprint density at radius 2 is 2.21 bits per heavy atom. The summed E-state index contributed by atoms with van der Waals surface area (Å²) in [6.45, 7) is 4.59. The van der Waals surface area contributed by atoms with Gasteiger partial charge in [-0.25, -0.2) is 0 Å². The number of carbonyl (C=O) groups is 1. The summed E-state index contributed by atoms with van der Waals surface area (Å²) in [5.74, 6) is -0.392. The third-order valence-electron chi connectivity index (χ3n) is 5.02. The summed E-state index contributed by atoms with van der Waals surface area (Å²) >= 11 is 0. The number of aliphatic hydroxyl groups excluding tert-OH is 1. The van der Waals surface area contributed by atoms with Crippen LogP contribution in [-0.4, -0.2) is 47.9 Å². The number of rotatable bonds is 9. The van der Waals surface area contributed by atoms with Gasteiger partial charge in [-0.15, -0.1) is 0 Å². The summed E-state index contributed by atoms with van der Waals surface area (Å²) in [5, 5.41) is 30.0. The van der Waals surface area contributed by atoms with E-state index in [9.17, 15) is 10.1 Å². The van der Waals surface area contributed by atoms with Gasteiger partial charge in [-0.2, -0.15) is 10.4 Å². The van der Waals surface area contributed by atoms with Crippen molar-refractivity contribution in [3.8, 4) is 6.07 Å². The number of amides is 1. The molecule has 1 aliphatic carbocycles. The average Bonchev–Trinajstić information content (AvgIpc) is 2.85. The summed E-state index contributed by atoms with van der Waals surface area (Å²) in [6, 6.07) is 11.0. The molecule has 3 N–H and O–H groups in total. The number of nitriles is 1. The summed E-state index contributed by atoms with van der Waals surface area (Å²) in [4.78, 5) is 16.9. The first-order valence-electron chi connectivity index (χ1n) is 10.5. The van der Waals surface area contributed by atoms with Crippen LogP contribution in [0.2, 0.25) is 0 Å². The first kappa shape index (κ1) is 23.6. The zero-order valence-electron chi connectivity index (χ0n) is 18.5. The van der Waals surface area contributed by atoms with Crippen LogP contribution in [0.3, 0.4) is 0 Å². The molecular weight excluding hydrogens is 416 g/mol. The summed E-state index contributed by atoms with van der Waals surface area (Å²) in [7, 11) is 1.81. The molecule has 1 heterocycles. The minimum Gasteiger partial charge on any atom is -0.395 e. The normalized spacial score (nSPS) is 13.8. The van der Waals surface area contributed by atoms with Gasteiger partial charge in [0.25, 0.3) is 5.91 Å². The third kappa shape index (κ3) is 6.23. The number of nitrogens with one attached hydrogen (secondary N) is 2. The lowest BCUT2D eigenvalue weighted by atomic mass is 9.93. The Labute approximate surface area is 193 Å². The number of pyridine rings is 1.